The molecular weight excluding hydrogens is 484 g/mol. The molecule has 1 aromatic carbocycles. The normalized spacial score (nSPS) is 19.7. The van der Waals surface area contributed by atoms with Gasteiger partial charge in [-0.3, -0.25) is 14.5 Å². The molecule has 0 aliphatic carbocycles. The van der Waals surface area contributed by atoms with E-state index in [-0.39, 0.29) is 28.9 Å². The number of nitrogens with two attached hydrogens (primary N) is 1. The first-order valence-corrected chi connectivity index (χ1v) is 11.5. The van der Waals surface area contributed by atoms with E-state index in [1.807, 2.05) is 6.07 Å². The van der Waals surface area contributed by atoms with E-state index in [0.29, 0.717) is 16.9 Å². The van der Waals surface area contributed by atoms with Gasteiger partial charge in [0.05, 0.1) is 5.56 Å². The number of fused-ring (bicyclic) bond motifs is 1. The average Bonchev–Trinajstić information content (AvgIpc) is 3.26. The van der Waals surface area contributed by atoms with E-state index >= 15 is 0 Å². The fourth-order valence-electron chi connectivity index (χ4n) is 3.46. The number of oxime groups is 1. The van der Waals surface area contributed by atoms with Crippen LogP contribution in [0.4, 0.5) is 5.13 Å². The lowest BCUT2D eigenvalue weighted by molar-refractivity contribution is -0.150. The Labute approximate surface area is 200 Å². The van der Waals surface area contributed by atoms with Gasteiger partial charge in [0.2, 0.25) is 0 Å². The van der Waals surface area contributed by atoms with Crippen molar-refractivity contribution < 1.29 is 29.4 Å². The Morgan fingerprint density at radius 2 is 2.18 bits per heavy atom. The molecule has 3 heterocycles. The SMILES string of the molecule is N#Cc1ccccc1OCC1=C(C(=O)O)N2C(=O)C(NC(=O)/C(=N\O)c3csc(N)n3)[C@H]2SC1. The predicted octanol–water partition coefficient (Wildman–Crippen LogP) is 0.593. The number of benzene rings is 1. The molecule has 2 aromatic rings. The minimum absolute atomic E-state index is 0.0469. The summed E-state index contributed by atoms with van der Waals surface area (Å²) >= 11 is 2.29. The molecule has 0 bridgehead atoms. The molecule has 0 saturated carbocycles. The van der Waals surface area contributed by atoms with Crippen molar-refractivity contribution in [2.45, 2.75) is 11.4 Å². The number of nitrogens with zero attached hydrogens (tertiary/aromatic N) is 4. The summed E-state index contributed by atoms with van der Waals surface area (Å²) in [6.45, 7) is -0.132. The van der Waals surface area contributed by atoms with Gasteiger partial charge in [-0.1, -0.05) is 17.3 Å². The van der Waals surface area contributed by atoms with Gasteiger partial charge in [0.15, 0.2) is 10.8 Å². The number of aliphatic carboxylic acids is 1. The van der Waals surface area contributed by atoms with E-state index < -0.39 is 34.9 Å². The van der Waals surface area contributed by atoms with Gasteiger partial charge in [0.25, 0.3) is 11.8 Å². The second-order valence-electron chi connectivity index (χ2n) is 7.03. The Hall–Kier alpha value is -4.09. The highest BCUT2D eigenvalue weighted by molar-refractivity contribution is 8.00. The van der Waals surface area contributed by atoms with Crippen molar-refractivity contribution in [2.75, 3.05) is 18.1 Å². The molecule has 174 valence electrons. The van der Waals surface area contributed by atoms with Crippen LogP contribution in [0.1, 0.15) is 11.3 Å². The molecule has 5 N–H and O–H groups in total. The number of amides is 2. The van der Waals surface area contributed by atoms with Gasteiger partial charge >= 0.3 is 5.97 Å². The Morgan fingerprint density at radius 3 is 2.82 bits per heavy atom. The zero-order valence-corrected chi connectivity index (χ0v) is 18.8. The highest BCUT2D eigenvalue weighted by Gasteiger charge is 2.54. The molecule has 0 radical (unpaired) electrons. The van der Waals surface area contributed by atoms with Gasteiger partial charge < -0.3 is 26.1 Å². The number of nitrogen functional groups attached to an aromatic ring is 1. The average molecular weight is 501 g/mol. The number of β-lactam (4-membered cyclic amide) rings is 1. The smallest absolute Gasteiger partial charge is 0.352 e. The van der Waals surface area contributed by atoms with Crippen molar-refractivity contribution in [1.29, 1.82) is 5.26 Å². The quantitative estimate of drug-likeness (QED) is 0.181. The third-order valence-electron chi connectivity index (χ3n) is 5.03. The number of rotatable bonds is 7. The van der Waals surface area contributed by atoms with Crippen molar-refractivity contribution in [2.24, 2.45) is 5.16 Å². The molecular formula is C20H16N6O6S2. The number of nitriles is 1. The van der Waals surface area contributed by atoms with Crippen LogP contribution in [0.2, 0.25) is 0 Å². The molecule has 14 heteroatoms. The summed E-state index contributed by atoms with van der Waals surface area (Å²) in [7, 11) is 0. The van der Waals surface area contributed by atoms with Gasteiger partial charge in [0.1, 0.15) is 41.2 Å². The number of hydrogen-bond donors (Lipinski definition) is 4. The van der Waals surface area contributed by atoms with E-state index in [2.05, 4.69) is 15.5 Å². The maximum absolute atomic E-state index is 12.8. The van der Waals surface area contributed by atoms with E-state index in [9.17, 15) is 30.0 Å². The van der Waals surface area contributed by atoms with Crippen LogP contribution < -0.4 is 15.8 Å². The summed E-state index contributed by atoms with van der Waals surface area (Å²) in [4.78, 5) is 42.3. The van der Waals surface area contributed by atoms with Gasteiger partial charge in [-0.25, -0.2) is 9.78 Å². The van der Waals surface area contributed by atoms with Crippen LogP contribution in [-0.4, -0.2) is 67.5 Å². The maximum Gasteiger partial charge on any atom is 0.352 e. The fourth-order valence-corrected chi connectivity index (χ4v) is 5.34. The number of anilines is 1. The molecule has 1 saturated heterocycles. The molecule has 0 spiro atoms. The zero-order valence-electron chi connectivity index (χ0n) is 17.2. The van der Waals surface area contributed by atoms with E-state index in [0.717, 1.165) is 16.2 Å². The summed E-state index contributed by atoms with van der Waals surface area (Å²) in [5.74, 6) is -2.28. The van der Waals surface area contributed by atoms with Gasteiger partial charge in [-0.2, -0.15) is 5.26 Å². The predicted molar refractivity (Wildman–Crippen MR) is 121 cm³/mol. The molecule has 1 aromatic heterocycles. The lowest BCUT2D eigenvalue weighted by Gasteiger charge is -2.49. The molecule has 2 atom stereocenters. The van der Waals surface area contributed by atoms with Crippen LogP contribution in [0.25, 0.3) is 0 Å². The summed E-state index contributed by atoms with van der Waals surface area (Å²) in [5, 5.41) is 34.5. The standard InChI is InChI=1S/C20H16N6O6S2/c21-5-9-3-1-2-4-12(9)32-6-10-7-33-18-14(17(28)26(18)15(10)19(29)30)24-16(27)13(25-31)11-8-34-20(22)23-11/h1-4,8,14,18,31H,6-7H2,(H2,22,23)(H,24,27)(H,29,30)/b25-13-/t14?,18-/m1/s1. The number of thioether (sulfide) groups is 1. The summed E-state index contributed by atoms with van der Waals surface area (Å²) in [5.41, 5.74) is 5.60. The highest BCUT2D eigenvalue weighted by Crippen LogP contribution is 2.40. The Morgan fingerprint density at radius 1 is 1.41 bits per heavy atom. The lowest BCUT2D eigenvalue weighted by atomic mass is 10.0. The number of carbonyl (C=O) groups excluding carboxylic acids is 2. The van der Waals surface area contributed by atoms with E-state index in [4.69, 9.17) is 10.5 Å². The van der Waals surface area contributed by atoms with E-state index in [1.54, 1.807) is 24.3 Å². The number of carboxylic acids is 1. The number of ether oxygens (including phenoxy) is 1. The number of carbonyl (C=O) groups is 3. The highest BCUT2D eigenvalue weighted by atomic mass is 32.2. The largest absolute Gasteiger partial charge is 0.488 e. The number of aromatic nitrogens is 1. The Kier molecular flexibility index (Phi) is 6.39. The van der Waals surface area contributed by atoms with Crippen molar-refractivity contribution in [3.05, 3.63) is 52.2 Å². The molecule has 12 nitrogen and oxygen atoms in total. The number of thiazole rings is 1. The van der Waals surface area contributed by atoms with Crippen molar-refractivity contribution in [3.63, 3.8) is 0 Å². The zero-order chi connectivity index (χ0) is 24.4. The van der Waals surface area contributed by atoms with Crippen molar-refractivity contribution in [3.8, 4) is 11.8 Å². The maximum atomic E-state index is 12.8. The second-order valence-corrected chi connectivity index (χ2v) is 9.03. The molecule has 34 heavy (non-hydrogen) atoms. The molecule has 2 aliphatic heterocycles. The van der Waals surface area contributed by atoms with Gasteiger partial charge in [-0.05, 0) is 12.1 Å². The second kappa shape index (κ2) is 9.41. The summed E-state index contributed by atoms with van der Waals surface area (Å²) < 4.78 is 5.65. The topological polar surface area (TPSA) is 191 Å². The molecule has 4 rings (SSSR count). The number of carboxylic acid groups (broad SMARTS) is 1. The minimum Gasteiger partial charge on any atom is -0.488 e. The minimum atomic E-state index is -1.31. The molecule has 2 aliphatic rings. The molecule has 1 unspecified atom stereocenters. The first-order chi connectivity index (χ1) is 16.3. The monoisotopic (exact) mass is 500 g/mol. The Bertz CT molecular complexity index is 1280. The van der Waals surface area contributed by atoms with Crippen LogP contribution in [0.15, 0.2) is 46.1 Å². The van der Waals surface area contributed by atoms with Crippen molar-refractivity contribution >= 4 is 51.7 Å². The lowest BCUT2D eigenvalue weighted by Crippen LogP contribution is -2.71. The third-order valence-corrected chi connectivity index (χ3v) is 7.04. The van der Waals surface area contributed by atoms with Gasteiger partial charge in [-0.15, -0.1) is 23.1 Å². The van der Waals surface area contributed by atoms with E-state index in [1.165, 1.54) is 17.1 Å². The van der Waals surface area contributed by atoms with Crippen LogP contribution in [0.5, 0.6) is 5.75 Å². The van der Waals surface area contributed by atoms with Crippen molar-refractivity contribution in [1.82, 2.24) is 15.2 Å². The van der Waals surface area contributed by atoms with Crippen LogP contribution >= 0.6 is 23.1 Å². The number of para-hydroxylation sites is 1. The summed E-state index contributed by atoms with van der Waals surface area (Å²) in [6.07, 6.45) is 0. The third kappa shape index (κ3) is 4.14. The number of nitrogens with one attached hydrogen (secondary N) is 1. The first kappa shape index (κ1) is 23.1. The molecule has 2 amide bonds. The fraction of sp³-hybridized carbons (Fsp3) is 0.200. The van der Waals surface area contributed by atoms with Crippen LogP contribution in [0.3, 0.4) is 0 Å². The van der Waals surface area contributed by atoms with Crippen LogP contribution in [-0.2, 0) is 14.4 Å². The first-order valence-electron chi connectivity index (χ1n) is 9.62. The number of hydrogen-bond acceptors (Lipinski definition) is 11. The van der Waals surface area contributed by atoms with Gasteiger partial charge in [0, 0.05) is 16.7 Å². The van der Waals surface area contributed by atoms with Crippen LogP contribution in [0, 0.1) is 11.3 Å². The Balaban J connectivity index is 1.49. The molecule has 1 fully saturated rings. The summed E-state index contributed by atoms with van der Waals surface area (Å²) in [6, 6.07) is 7.50.